The van der Waals surface area contributed by atoms with Crippen molar-refractivity contribution >= 4 is 45.5 Å². The number of aliphatic imine (C=N–C) groups is 1. The maximum absolute atomic E-state index is 11.4. The number of hydrogen-bond donors (Lipinski definition) is 1. The average Bonchev–Trinajstić information content (AvgIpc) is 2.79. The lowest BCUT2D eigenvalue weighted by Gasteiger charge is -2.15. The third-order valence-corrected chi connectivity index (χ3v) is 5.26. The molecule has 2 heterocycles. The molecule has 0 radical (unpaired) electrons. The fraction of sp³-hybridized carbons (Fsp3) is 0.308. The number of rotatable bonds is 3. The largest absolute Gasteiger partial charge is 0.329 e. The SMILES string of the molecule is O=C1CNC(=O)N1CCSC1=Nc2ccccc2CS1. The summed E-state index contributed by atoms with van der Waals surface area (Å²) in [5.41, 5.74) is 2.26. The number of urea groups is 1. The van der Waals surface area contributed by atoms with Crippen molar-refractivity contribution in [2.75, 3.05) is 18.8 Å². The van der Waals surface area contributed by atoms with Gasteiger partial charge in [-0.3, -0.25) is 9.69 Å². The van der Waals surface area contributed by atoms with Gasteiger partial charge in [0.25, 0.3) is 0 Å². The van der Waals surface area contributed by atoms with E-state index < -0.39 is 0 Å². The molecule has 1 fully saturated rings. The topological polar surface area (TPSA) is 61.8 Å². The van der Waals surface area contributed by atoms with Crippen molar-refractivity contribution in [3.8, 4) is 0 Å². The number of para-hydroxylation sites is 1. The van der Waals surface area contributed by atoms with Crippen LogP contribution >= 0.6 is 23.5 Å². The summed E-state index contributed by atoms with van der Waals surface area (Å²) in [5.74, 6) is 1.44. The molecule has 0 spiro atoms. The molecule has 1 aromatic rings. The number of hydrogen-bond acceptors (Lipinski definition) is 5. The van der Waals surface area contributed by atoms with Crippen molar-refractivity contribution in [2.24, 2.45) is 4.99 Å². The Kier molecular flexibility index (Phi) is 3.98. The summed E-state index contributed by atoms with van der Waals surface area (Å²) < 4.78 is 0.996. The number of benzene rings is 1. The predicted octanol–water partition coefficient (Wildman–Crippen LogP) is 2.21. The quantitative estimate of drug-likeness (QED) is 0.870. The molecule has 5 nitrogen and oxygen atoms in total. The van der Waals surface area contributed by atoms with Gasteiger partial charge in [0, 0.05) is 18.1 Å². The molecule has 3 rings (SSSR count). The molecule has 0 unspecified atom stereocenters. The number of fused-ring (bicyclic) bond motifs is 1. The van der Waals surface area contributed by atoms with Crippen molar-refractivity contribution in [1.29, 1.82) is 0 Å². The molecule has 3 amide bonds. The molecule has 0 saturated carbocycles. The van der Waals surface area contributed by atoms with Crippen molar-refractivity contribution in [2.45, 2.75) is 5.75 Å². The number of carbonyl (C=O) groups is 2. The highest BCUT2D eigenvalue weighted by Gasteiger charge is 2.27. The van der Waals surface area contributed by atoms with Crippen LogP contribution in [-0.2, 0) is 10.5 Å². The van der Waals surface area contributed by atoms with Crippen LogP contribution in [-0.4, -0.2) is 40.1 Å². The van der Waals surface area contributed by atoms with Gasteiger partial charge in [-0.05, 0) is 11.6 Å². The van der Waals surface area contributed by atoms with Crippen LogP contribution in [0.5, 0.6) is 0 Å². The Balaban J connectivity index is 1.56. The molecule has 0 bridgehead atoms. The molecular formula is C13H13N3O2S2. The van der Waals surface area contributed by atoms with Crippen molar-refractivity contribution in [3.05, 3.63) is 29.8 Å². The fourth-order valence-electron chi connectivity index (χ4n) is 1.99. The molecule has 1 saturated heterocycles. The van der Waals surface area contributed by atoms with Crippen molar-refractivity contribution in [3.63, 3.8) is 0 Å². The van der Waals surface area contributed by atoms with Crippen LogP contribution in [0.2, 0.25) is 0 Å². The third kappa shape index (κ3) is 2.83. The lowest BCUT2D eigenvalue weighted by molar-refractivity contribution is -0.124. The Morgan fingerprint density at radius 2 is 2.20 bits per heavy atom. The monoisotopic (exact) mass is 307 g/mol. The van der Waals surface area contributed by atoms with E-state index in [1.807, 2.05) is 18.2 Å². The van der Waals surface area contributed by atoms with E-state index in [9.17, 15) is 9.59 Å². The summed E-state index contributed by atoms with van der Waals surface area (Å²) in [6, 6.07) is 7.80. The van der Waals surface area contributed by atoms with Gasteiger partial charge >= 0.3 is 6.03 Å². The number of nitrogens with zero attached hydrogens (tertiary/aromatic N) is 2. The van der Waals surface area contributed by atoms with Gasteiger partial charge in [0.15, 0.2) is 0 Å². The minimum Gasteiger partial charge on any atom is -0.329 e. The van der Waals surface area contributed by atoms with Gasteiger partial charge in [-0.1, -0.05) is 41.7 Å². The first kappa shape index (κ1) is 13.5. The Hall–Kier alpha value is -1.47. The van der Waals surface area contributed by atoms with E-state index in [1.54, 1.807) is 23.5 Å². The standard InChI is InChI=1S/C13H13N3O2S2/c17-11-7-14-12(18)16(11)5-6-19-13-15-10-4-2-1-3-9(10)8-20-13/h1-4H,5-8H2,(H,14,18). The Labute approximate surface area is 125 Å². The molecule has 0 atom stereocenters. The van der Waals surface area contributed by atoms with E-state index in [4.69, 9.17) is 0 Å². The molecule has 0 aromatic heterocycles. The first-order valence-corrected chi connectivity index (χ1v) is 8.21. The van der Waals surface area contributed by atoms with Gasteiger partial charge in [-0.15, -0.1) is 0 Å². The second-order valence-corrected chi connectivity index (χ2v) is 6.65. The van der Waals surface area contributed by atoms with E-state index in [1.165, 1.54) is 10.5 Å². The van der Waals surface area contributed by atoms with Crippen LogP contribution in [0.3, 0.4) is 0 Å². The molecule has 0 aliphatic carbocycles. The zero-order valence-electron chi connectivity index (χ0n) is 10.7. The van der Waals surface area contributed by atoms with Gasteiger partial charge in [0.1, 0.15) is 4.38 Å². The molecule has 20 heavy (non-hydrogen) atoms. The predicted molar refractivity (Wildman–Crippen MR) is 82.4 cm³/mol. The Morgan fingerprint density at radius 1 is 1.35 bits per heavy atom. The highest BCUT2D eigenvalue weighted by molar-refractivity contribution is 8.38. The number of imide groups is 1. The summed E-state index contributed by atoms with van der Waals surface area (Å²) in [6.07, 6.45) is 0. The first-order valence-electron chi connectivity index (χ1n) is 6.24. The number of carbonyl (C=O) groups excluding carboxylic acids is 2. The van der Waals surface area contributed by atoms with E-state index in [2.05, 4.69) is 16.4 Å². The van der Waals surface area contributed by atoms with E-state index in [0.717, 1.165) is 15.8 Å². The Bertz CT molecular complexity index is 573. The van der Waals surface area contributed by atoms with Crippen LogP contribution in [0.15, 0.2) is 29.3 Å². The minimum absolute atomic E-state index is 0.118. The molecule has 2 aliphatic heterocycles. The second kappa shape index (κ2) is 5.88. The molecule has 7 heteroatoms. The third-order valence-electron chi connectivity index (χ3n) is 3.03. The lowest BCUT2D eigenvalue weighted by atomic mass is 10.2. The van der Waals surface area contributed by atoms with Crippen LogP contribution < -0.4 is 5.32 Å². The fourth-order valence-corrected chi connectivity index (χ4v) is 4.05. The maximum Gasteiger partial charge on any atom is 0.324 e. The summed E-state index contributed by atoms with van der Waals surface area (Å²) in [7, 11) is 0. The minimum atomic E-state index is -0.292. The summed E-state index contributed by atoms with van der Waals surface area (Å²) >= 11 is 3.29. The van der Waals surface area contributed by atoms with E-state index in [-0.39, 0.29) is 18.5 Å². The van der Waals surface area contributed by atoms with Gasteiger partial charge in [-0.2, -0.15) is 0 Å². The van der Waals surface area contributed by atoms with Crippen LogP contribution in [0.1, 0.15) is 5.56 Å². The smallest absolute Gasteiger partial charge is 0.324 e. The number of nitrogens with one attached hydrogen (secondary N) is 1. The number of amides is 3. The van der Waals surface area contributed by atoms with Crippen LogP contribution in [0.4, 0.5) is 10.5 Å². The summed E-state index contributed by atoms with van der Waals surface area (Å²) in [6.45, 7) is 0.545. The second-order valence-electron chi connectivity index (χ2n) is 4.35. The Morgan fingerprint density at radius 3 is 3.00 bits per heavy atom. The highest BCUT2D eigenvalue weighted by Crippen LogP contribution is 2.34. The molecule has 2 aliphatic rings. The molecule has 1 N–H and O–H groups in total. The summed E-state index contributed by atoms with van der Waals surface area (Å²) in [4.78, 5) is 28.7. The van der Waals surface area contributed by atoms with Crippen LogP contribution in [0, 0.1) is 0 Å². The number of thioether (sulfide) groups is 2. The van der Waals surface area contributed by atoms with Gasteiger partial charge in [0.2, 0.25) is 5.91 Å². The van der Waals surface area contributed by atoms with Gasteiger partial charge in [0.05, 0.1) is 12.2 Å². The van der Waals surface area contributed by atoms with E-state index in [0.29, 0.717) is 12.3 Å². The normalized spacial score (nSPS) is 17.8. The molecule has 1 aromatic carbocycles. The van der Waals surface area contributed by atoms with Gasteiger partial charge in [-0.25, -0.2) is 9.79 Å². The van der Waals surface area contributed by atoms with Crippen molar-refractivity contribution in [1.82, 2.24) is 10.2 Å². The maximum atomic E-state index is 11.4. The van der Waals surface area contributed by atoms with Crippen LogP contribution in [0.25, 0.3) is 0 Å². The van der Waals surface area contributed by atoms with Crippen molar-refractivity contribution < 1.29 is 9.59 Å². The zero-order chi connectivity index (χ0) is 13.9. The lowest BCUT2D eigenvalue weighted by Crippen LogP contribution is -2.33. The zero-order valence-corrected chi connectivity index (χ0v) is 12.3. The van der Waals surface area contributed by atoms with Gasteiger partial charge < -0.3 is 5.32 Å². The highest BCUT2D eigenvalue weighted by atomic mass is 32.2. The summed E-state index contributed by atoms with van der Waals surface area (Å²) in [5, 5.41) is 2.51. The molecular weight excluding hydrogens is 294 g/mol. The first-order chi connectivity index (χ1) is 9.74. The molecule has 104 valence electrons. The average molecular weight is 307 g/mol. The van der Waals surface area contributed by atoms with E-state index >= 15 is 0 Å².